The largest absolute Gasteiger partial charge is 0.493 e. The molecule has 1 aliphatic heterocycles. The van der Waals surface area contributed by atoms with Crippen LogP contribution in [0.2, 0.25) is 0 Å². The first kappa shape index (κ1) is 16.0. The molecule has 0 spiro atoms. The predicted molar refractivity (Wildman–Crippen MR) is 70.1 cm³/mol. The van der Waals surface area contributed by atoms with Gasteiger partial charge in [0, 0.05) is 6.07 Å². The average molecular weight is 256 g/mol. The summed E-state index contributed by atoms with van der Waals surface area (Å²) in [5, 5.41) is 0. The van der Waals surface area contributed by atoms with Gasteiger partial charge in [0.05, 0.1) is 25.5 Å². The van der Waals surface area contributed by atoms with Crippen LogP contribution < -0.4 is 32.0 Å². The zero-order valence-corrected chi connectivity index (χ0v) is 11.1. The van der Waals surface area contributed by atoms with E-state index in [1.165, 1.54) is 7.11 Å². The molecule has 7 heteroatoms. The standard InChI is InChI=1S/C9H11N3O3.C2H6.H3N/c1-14-7-3-5-6(4-8(7)15-2)10-12-11-9(5)13;1-2;/h3-4,10,12H,1-2H3,(H,11,13);1-2H3;1H3. The maximum Gasteiger partial charge on any atom is 0.269 e. The molecule has 1 aliphatic rings. The molecule has 6 N–H and O–H groups in total. The van der Waals surface area contributed by atoms with Crippen LogP contribution in [0.5, 0.6) is 11.5 Å². The lowest BCUT2D eigenvalue weighted by atomic mass is 10.1. The number of nitrogens with one attached hydrogen (secondary N) is 3. The number of methoxy groups -OCH3 is 2. The lowest BCUT2D eigenvalue weighted by Gasteiger charge is -2.20. The Morgan fingerprint density at radius 1 is 1.00 bits per heavy atom. The average Bonchev–Trinajstić information content (AvgIpc) is 2.40. The van der Waals surface area contributed by atoms with Crippen molar-refractivity contribution in [2.45, 2.75) is 13.8 Å². The quantitative estimate of drug-likeness (QED) is 0.638. The molecule has 0 atom stereocenters. The van der Waals surface area contributed by atoms with Gasteiger partial charge in [-0.25, -0.2) is 0 Å². The van der Waals surface area contributed by atoms with Crippen LogP contribution >= 0.6 is 0 Å². The normalized spacial score (nSPS) is 11.7. The van der Waals surface area contributed by atoms with E-state index in [0.29, 0.717) is 22.7 Å². The highest BCUT2D eigenvalue weighted by molar-refractivity contribution is 6.01. The van der Waals surface area contributed by atoms with Gasteiger partial charge in [0.2, 0.25) is 0 Å². The van der Waals surface area contributed by atoms with E-state index in [-0.39, 0.29) is 12.1 Å². The molecule has 1 aromatic carbocycles. The SMILES string of the molecule is CC.COc1cc2c(cc1OC)C(=O)NNN2.N. The molecule has 0 saturated carbocycles. The molecule has 0 aromatic heterocycles. The lowest BCUT2D eigenvalue weighted by molar-refractivity contribution is 0.0931. The van der Waals surface area contributed by atoms with Crippen LogP contribution in [0.4, 0.5) is 5.69 Å². The van der Waals surface area contributed by atoms with Crippen molar-refractivity contribution in [1.82, 2.24) is 17.1 Å². The van der Waals surface area contributed by atoms with Crippen LogP contribution in [0, 0.1) is 0 Å². The molecule has 102 valence electrons. The van der Waals surface area contributed by atoms with E-state index in [2.05, 4.69) is 16.4 Å². The molecule has 0 fully saturated rings. The van der Waals surface area contributed by atoms with Crippen molar-refractivity contribution in [3.63, 3.8) is 0 Å². The fourth-order valence-electron chi connectivity index (χ4n) is 1.39. The van der Waals surface area contributed by atoms with E-state index < -0.39 is 0 Å². The van der Waals surface area contributed by atoms with Crippen LogP contribution in [0.15, 0.2) is 12.1 Å². The van der Waals surface area contributed by atoms with Crippen molar-refractivity contribution in [2.24, 2.45) is 0 Å². The van der Waals surface area contributed by atoms with E-state index in [1.54, 1.807) is 19.2 Å². The van der Waals surface area contributed by atoms with E-state index >= 15 is 0 Å². The Hall–Kier alpha value is -1.99. The summed E-state index contributed by atoms with van der Waals surface area (Å²) in [4.78, 5) is 11.4. The Kier molecular flexibility index (Phi) is 6.54. The van der Waals surface area contributed by atoms with Gasteiger partial charge < -0.3 is 21.1 Å². The van der Waals surface area contributed by atoms with E-state index in [9.17, 15) is 4.79 Å². The highest BCUT2D eigenvalue weighted by Gasteiger charge is 2.19. The summed E-state index contributed by atoms with van der Waals surface area (Å²) in [6.07, 6.45) is 0. The van der Waals surface area contributed by atoms with Gasteiger partial charge in [-0.3, -0.25) is 10.2 Å². The van der Waals surface area contributed by atoms with Gasteiger partial charge in [-0.05, 0) is 6.07 Å². The van der Waals surface area contributed by atoms with E-state index in [4.69, 9.17) is 9.47 Å². The van der Waals surface area contributed by atoms with Crippen LogP contribution in [0.25, 0.3) is 0 Å². The van der Waals surface area contributed by atoms with Crippen molar-refractivity contribution in [3.05, 3.63) is 17.7 Å². The zero-order valence-electron chi connectivity index (χ0n) is 11.1. The molecule has 1 amide bonds. The van der Waals surface area contributed by atoms with Crippen LogP contribution in [0.3, 0.4) is 0 Å². The Morgan fingerprint density at radius 3 is 2.11 bits per heavy atom. The minimum absolute atomic E-state index is 0. The number of rotatable bonds is 2. The van der Waals surface area contributed by atoms with Crippen LogP contribution in [-0.2, 0) is 0 Å². The lowest BCUT2D eigenvalue weighted by Crippen LogP contribution is -2.45. The molecular weight excluding hydrogens is 236 g/mol. The van der Waals surface area contributed by atoms with Crippen molar-refractivity contribution < 1.29 is 14.3 Å². The number of anilines is 1. The Morgan fingerprint density at radius 2 is 1.56 bits per heavy atom. The third kappa shape index (κ3) is 3.02. The van der Waals surface area contributed by atoms with Gasteiger partial charge >= 0.3 is 0 Å². The first-order valence-electron chi connectivity index (χ1n) is 5.33. The molecule has 1 heterocycles. The third-order valence-corrected chi connectivity index (χ3v) is 2.14. The fraction of sp³-hybridized carbons (Fsp3) is 0.364. The topological polar surface area (TPSA) is 107 Å². The van der Waals surface area contributed by atoms with Crippen molar-refractivity contribution >= 4 is 11.6 Å². The summed E-state index contributed by atoms with van der Waals surface area (Å²) >= 11 is 0. The third-order valence-electron chi connectivity index (χ3n) is 2.14. The first-order chi connectivity index (χ1) is 8.26. The van der Waals surface area contributed by atoms with Crippen molar-refractivity contribution in [3.8, 4) is 11.5 Å². The summed E-state index contributed by atoms with van der Waals surface area (Å²) in [6.45, 7) is 4.00. The number of hydrogen-bond acceptors (Lipinski definition) is 6. The van der Waals surface area contributed by atoms with Gasteiger partial charge in [-0.1, -0.05) is 13.8 Å². The minimum Gasteiger partial charge on any atom is -0.493 e. The zero-order chi connectivity index (χ0) is 12.8. The molecule has 0 aliphatic carbocycles. The maximum atomic E-state index is 11.4. The van der Waals surface area contributed by atoms with Gasteiger partial charge in [0.1, 0.15) is 0 Å². The van der Waals surface area contributed by atoms with E-state index in [0.717, 1.165) is 0 Å². The molecule has 0 saturated heterocycles. The number of carbonyl (C=O) groups excluding carboxylic acids is 1. The Labute approximate surface area is 106 Å². The molecule has 2 rings (SSSR count). The second-order valence-electron chi connectivity index (χ2n) is 2.96. The van der Waals surface area contributed by atoms with Gasteiger partial charge in [0.15, 0.2) is 11.5 Å². The minimum atomic E-state index is -0.218. The number of hydrogen-bond donors (Lipinski definition) is 4. The van der Waals surface area contributed by atoms with Gasteiger partial charge in [0.25, 0.3) is 5.91 Å². The molecule has 7 nitrogen and oxygen atoms in total. The number of hydrazine groups is 2. The molecule has 0 radical (unpaired) electrons. The highest BCUT2D eigenvalue weighted by Crippen LogP contribution is 2.33. The fourth-order valence-corrected chi connectivity index (χ4v) is 1.39. The molecule has 0 unspecified atom stereocenters. The first-order valence-corrected chi connectivity index (χ1v) is 5.33. The predicted octanol–water partition coefficient (Wildman–Crippen LogP) is 1.47. The summed E-state index contributed by atoms with van der Waals surface area (Å²) in [7, 11) is 3.07. The second kappa shape index (κ2) is 7.36. The molecular formula is C11H20N4O3. The van der Waals surface area contributed by atoms with Crippen LogP contribution in [-0.4, -0.2) is 20.1 Å². The van der Waals surface area contributed by atoms with Crippen molar-refractivity contribution in [1.29, 1.82) is 0 Å². The summed E-state index contributed by atoms with van der Waals surface area (Å²) < 4.78 is 10.2. The van der Waals surface area contributed by atoms with Gasteiger partial charge in [-0.2, -0.15) is 0 Å². The molecule has 18 heavy (non-hydrogen) atoms. The Balaban J connectivity index is 0.000000917. The maximum absolute atomic E-state index is 11.4. The number of fused-ring (bicyclic) bond motifs is 1. The summed E-state index contributed by atoms with van der Waals surface area (Å²) in [5.74, 6) is 0.875. The molecule has 1 aromatic rings. The van der Waals surface area contributed by atoms with Crippen molar-refractivity contribution in [2.75, 3.05) is 19.6 Å². The second-order valence-corrected chi connectivity index (χ2v) is 2.96. The monoisotopic (exact) mass is 256 g/mol. The number of amides is 1. The molecule has 0 bridgehead atoms. The van der Waals surface area contributed by atoms with Gasteiger partial charge in [-0.15, -0.1) is 5.53 Å². The number of carbonyl (C=O) groups is 1. The van der Waals surface area contributed by atoms with Crippen LogP contribution in [0.1, 0.15) is 24.2 Å². The number of ether oxygens (including phenoxy) is 2. The van der Waals surface area contributed by atoms with E-state index in [1.807, 2.05) is 13.8 Å². The summed E-state index contributed by atoms with van der Waals surface area (Å²) in [6, 6.07) is 3.32. The smallest absolute Gasteiger partial charge is 0.269 e. The highest BCUT2D eigenvalue weighted by atomic mass is 16.5. The Bertz CT molecular complexity index is 410. The summed E-state index contributed by atoms with van der Waals surface area (Å²) in [5.41, 5.74) is 8.92. The number of benzene rings is 1.